The maximum absolute atomic E-state index is 11.1. The van der Waals surface area contributed by atoms with Gasteiger partial charge in [0.15, 0.2) is 0 Å². The predicted octanol–water partition coefficient (Wildman–Crippen LogP) is 0.304. The number of ether oxygens (including phenoxy) is 1. The van der Waals surface area contributed by atoms with Gasteiger partial charge in [-0.1, -0.05) is 0 Å². The minimum absolute atomic E-state index is 0.120. The highest BCUT2D eigenvalue weighted by molar-refractivity contribution is 6.99. The highest BCUT2D eigenvalue weighted by Crippen LogP contribution is 2.02. The van der Waals surface area contributed by atoms with Crippen molar-refractivity contribution < 1.29 is 4.74 Å². The molecule has 0 aliphatic rings. The van der Waals surface area contributed by atoms with Crippen LogP contribution in [0.25, 0.3) is 0 Å². The number of nitrogens with one attached hydrogen (secondary N) is 1. The average molecular weight is 203 g/mol. The van der Waals surface area contributed by atoms with Crippen molar-refractivity contribution in [3.8, 4) is 0 Å². The summed E-state index contributed by atoms with van der Waals surface area (Å²) in [6.07, 6.45) is 0.893. The predicted molar refractivity (Wildman–Crippen MR) is 52.5 cm³/mol. The Labute approximate surface area is 80.7 Å². The molecule has 1 rings (SSSR count). The first kappa shape index (κ1) is 10.2. The second kappa shape index (κ2) is 4.98. The van der Waals surface area contributed by atoms with E-state index in [1.165, 1.54) is 0 Å². The van der Waals surface area contributed by atoms with E-state index in [4.69, 9.17) is 4.74 Å². The summed E-state index contributed by atoms with van der Waals surface area (Å²) >= 11 is 1.07. The normalized spacial score (nSPS) is 10.3. The topological polar surface area (TPSA) is 58.2 Å². The standard InChI is InChI=1S/C7H13N3O2S/c1-10(4-3-5-12-2)6-7(11)9-13-8-6/h3-5H2,1-2H3,(H,9,11). The van der Waals surface area contributed by atoms with Gasteiger partial charge in [0.1, 0.15) is 0 Å². The highest BCUT2D eigenvalue weighted by Gasteiger charge is 2.07. The molecule has 0 radical (unpaired) electrons. The van der Waals surface area contributed by atoms with E-state index in [0.29, 0.717) is 12.4 Å². The van der Waals surface area contributed by atoms with Crippen LogP contribution in [-0.4, -0.2) is 36.1 Å². The van der Waals surface area contributed by atoms with Crippen LogP contribution in [-0.2, 0) is 4.74 Å². The zero-order valence-corrected chi connectivity index (χ0v) is 8.56. The summed E-state index contributed by atoms with van der Waals surface area (Å²) in [5, 5.41) is 0. The van der Waals surface area contributed by atoms with Crippen LogP contribution in [0, 0.1) is 0 Å². The van der Waals surface area contributed by atoms with Gasteiger partial charge in [0.25, 0.3) is 0 Å². The monoisotopic (exact) mass is 203 g/mol. The molecule has 0 amide bonds. The number of nitrogens with zero attached hydrogens (tertiary/aromatic N) is 2. The molecule has 0 aliphatic heterocycles. The van der Waals surface area contributed by atoms with Crippen molar-refractivity contribution >= 4 is 17.5 Å². The van der Waals surface area contributed by atoms with Crippen LogP contribution in [0.4, 0.5) is 5.82 Å². The molecule has 0 aromatic carbocycles. The maximum atomic E-state index is 11.1. The van der Waals surface area contributed by atoms with E-state index in [1.807, 2.05) is 11.9 Å². The molecule has 1 heterocycles. The van der Waals surface area contributed by atoms with E-state index in [1.54, 1.807) is 7.11 Å². The molecule has 6 heteroatoms. The smallest absolute Gasteiger partial charge is 0.302 e. The van der Waals surface area contributed by atoms with Gasteiger partial charge in [-0.25, -0.2) is 0 Å². The second-order valence-electron chi connectivity index (χ2n) is 2.71. The molecule has 0 unspecified atom stereocenters. The third-order valence-electron chi connectivity index (χ3n) is 1.68. The Kier molecular flexibility index (Phi) is 3.91. The van der Waals surface area contributed by atoms with Crippen molar-refractivity contribution in [1.29, 1.82) is 0 Å². The molecule has 1 aromatic rings. The lowest BCUT2D eigenvalue weighted by atomic mass is 10.4. The number of hydrogen-bond donors (Lipinski definition) is 1. The fourth-order valence-electron chi connectivity index (χ4n) is 0.990. The quantitative estimate of drug-likeness (QED) is 0.699. The van der Waals surface area contributed by atoms with Gasteiger partial charge in [0.05, 0.1) is 0 Å². The lowest BCUT2D eigenvalue weighted by Crippen LogP contribution is -2.25. The van der Waals surface area contributed by atoms with Gasteiger partial charge in [-0.15, -0.1) is 0 Å². The number of aromatic nitrogens is 2. The zero-order valence-electron chi connectivity index (χ0n) is 7.74. The van der Waals surface area contributed by atoms with Crippen molar-refractivity contribution in [2.24, 2.45) is 0 Å². The molecule has 74 valence electrons. The fraction of sp³-hybridized carbons (Fsp3) is 0.714. The van der Waals surface area contributed by atoms with Gasteiger partial charge < -0.3 is 9.64 Å². The molecule has 0 aliphatic carbocycles. The third kappa shape index (κ3) is 2.82. The first-order chi connectivity index (χ1) is 6.25. The van der Waals surface area contributed by atoms with Gasteiger partial charge in [-0.05, 0) is 6.42 Å². The minimum atomic E-state index is -0.120. The summed E-state index contributed by atoms with van der Waals surface area (Å²) in [7, 11) is 3.51. The summed E-state index contributed by atoms with van der Waals surface area (Å²) < 4.78 is 11.4. The Bertz CT molecular complexity index is 296. The molecule has 5 nitrogen and oxygen atoms in total. The first-order valence-electron chi connectivity index (χ1n) is 4.00. The summed E-state index contributed by atoms with van der Waals surface area (Å²) in [5.74, 6) is 0.487. The van der Waals surface area contributed by atoms with Gasteiger partial charge in [0, 0.05) is 39.0 Å². The lowest BCUT2D eigenvalue weighted by molar-refractivity contribution is 0.196. The van der Waals surface area contributed by atoms with E-state index in [0.717, 1.165) is 24.7 Å². The number of aromatic amines is 1. The molecule has 0 atom stereocenters. The van der Waals surface area contributed by atoms with Crippen molar-refractivity contribution in [1.82, 2.24) is 8.75 Å². The number of hydrogen-bond acceptors (Lipinski definition) is 5. The van der Waals surface area contributed by atoms with E-state index in [9.17, 15) is 4.79 Å². The summed E-state index contributed by atoms with van der Waals surface area (Å²) in [5.41, 5.74) is -0.120. The summed E-state index contributed by atoms with van der Waals surface area (Å²) in [6, 6.07) is 0. The fourth-order valence-corrected chi connectivity index (χ4v) is 1.52. The number of methoxy groups -OCH3 is 1. The molecule has 0 spiro atoms. The molecule has 0 bridgehead atoms. The molecule has 1 N–H and O–H groups in total. The molecular weight excluding hydrogens is 190 g/mol. The van der Waals surface area contributed by atoms with Crippen LogP contribution in [0.2, 0.25) is 0 Å². The van der Waals surface area contributed by atoms with E-state index in [-0.39, 0.29) is 5.56 Å². The van der Waals surface area contributed by atoms with Crippen LogP contribution in [0.3, 0.4) is 0 Å². The molecule has 0 saturated heterocycles. The zero-order chi connectivity index (χ0) is 9.68. The number of anilines is 1. The van der Waals surface area contributed by atoms with Crippen molar-refractivity contribution in [3.05, 3.63) is 10.4 Å². The van der Waals surface area contributed by atoms with E-state index < -0.39 is 0 Å². The first-order valence-corrected chi connectivity index (χ1v) is 4.77. The van der Waals surface area contributed by atoms with Gasteiger partial charge >= 0.3 is 5.56 Å². The van der Waals surface area contributed by atoms with Gasteiger partial charge in [-0.3, -0.25) is 9.17 Å². The van der Waals surface area contributed by atoms with Crippen LogP contribution < -0.4 is 10.5 Å². The Morgan fingerprint density at radius 3 is 3.00 bits per heavy atom. The van der Waals surface area contributed by atoms with Gasteiger partial charge in [0.2, 0.25) is 5.82 Å². The van der Waals surface area contributed by atoms with E-state index in [2.05, 4.69) is 8.75 Å². The number of rotatable bonds is 5. The summed E-state index contributed by atoms with van der Waals surface area (Å²) in [6.45, 7) is 1.48. The van der Waals surface area contributed by atoms with Crippen LogP contribution in [0.15, 0.2) is 4.79 Å². The Balaban J connectivity index is 2.44. The lowest BCUT2D eigenvalue weighted by Gasteiger charge is -2.13. The maximum Gasteiger partial charge on any atom is 0.302 e. The van der Waals surface area contributed by atoms with Crippen LogP contribution in [0.5, 0.6) is 0 Å². The Morgan fingerprint density at radius 1 is 1.69 bits per heavy atom. The SMILES string of the molecule is COCCCN(C)c1ns[nH]c1=O. The number of H-pyrrole nitrogens is 1. The Morgan fingerprint density at radius 2 is 2.46 bits per heavy atom. The molecule has 0 saturated carbocycles. The molecule has 0 fully saturated rings. The Hall–Kier alpha value is -0.880. The molecular formula is C7H13N3O2S. The largest absolute Gasteiger partial charge is 0.385 e. The molecule has 1 aromatic heterocycles. The van der Waals surface area contributed by atoms with E-state index >= 15 is 0 Å². The highest BCUT2D eigenvalue weighted by atomic mass is 32.1. The minimum Gasteiger partial charge on any atom is -0.385 e. The van der Waals surface area contributed by atoms with Crippen LogP contribution >= 0.6 is 11.7 Å². The third-order valence-corrected chi connectivity index (χ3v) is 2.22. The molecule has 13 heavy (non-hydrogen) atoms. The van der Waals surface area contributed by atoms with Crippen molar-refractivity contribution in [2.75, 3.05) is 32.2 Å². The van der Waals surface area contributed by atoms with Crippen molar-refractivity contribution in [2.45, 2.75) is 6.42 Å². The van der Waals surface area contributed by atoms with Crippen molar-refractivity contribution in [3.63, 3.8) is 0 Å². The second-order valence-corrected chi connectivity index (χ2v) is 3.27. The average Bonchev–Trinajstić information content (AvgIpc) is 2.52. The summed E-state index contributed by atoms with van der Waals surface area (Å²) in [4.78, 5) is 12.9. The van der Waals surface area contributed by atoms with Gasteiger partial charge in [-0.2, -0.15) is 4.37 Å². The van der Waals surface area contributed by atoms with Crippen LogP contribution in [0.1, 0.15) is 6.42 Å².